The number of hydrogen-bond donors (Lipinski definition) is 0. The highest BCUT2D eigenvalue weighted by Crippen LogP contribution is 2.30. The minimum absolute atomic E-state index is 0.0152. The van der Waals surface area contributed by atoms with Gasteiger partial charge >= 0.3 is 5.97 Å². The van der Waals surface area contributed by atoms with Gasteiger partial charge in [0.15, 0.2) is 6.10 Å². The number of esters is 1. The fourth-order valence-electron chi connectivity index (χ4n) is 3.79. The predicted octanol–water partition coefficient (Wildman–Crippen LogP) is 3.10. The van der Waals surface area contributed by atoms with Crippen LogP contribution in [0.5, 0.6) is 0 Å². The van der Waals surface area contributed by atoms with Gasteiger partial charge in [-0.05, 0) is 31.2 Å². The number of rotatable bonds is 5. The largest absolute Gasteiger partial charge is 0.469 e. The summed E-state index contributed by atoms with van der Waals surface area (Å²) >= 11 is 0. The van der Waals surface area contributed by atoms with Crippen LogP contribution in [0.4, 0.5) is 0 Å². The molecule has 1 aromatic carbocycles. The van der Waals surface area contributed by atoms with Crippen LogP contribution in [0.2, 0.25) is 0 Å². The second kappa shape index (κ2) is 8.48. The van der Waals surface area contributed by atoms with E-state index in [-0.39, 0.29) is 23.9 Å². The molecule has 1 saturated heterocycles. The van der Waals surface area contributed by atoms with Gasteiger partial charge in [0.25, 0.3) is 5.91 Å². The van der Waals surface area contributed by atoms with Crippen molar-refractivity contribution < 1.29 is 19.1 Å². The Morgan fingerprint density at radius 2 is 1.68 bits per heavy atom. The Bertz CT molecular complexity index is 575. The highest BCUT2D eigenvalue weighted by molar-refractivity contribution is 5.83. The van der Waals surface area contributed by atoms with Gasteiger partial charge in [0, 0.05) is 13.1 Å². The van der Waals surface area contributed by atoms with Crippen molar-refractivity contribution in [3.05, 3.63) is 35.9 Å². The Labute approximate surface area is 149 Å². The Balaban J connectivity index is 1.68. The fraction of sp³-hybridized carbons (Fsp3) is 0.600. The predicted molar refractivity (Wildman–Crippen MR) is 93.8 cm³/mol. The molecular weight excluding hydrogens is 318 g/mol. The van der Waals surface area contributed by atoms with Gasteiger partial charge < -0.3 is 14.4 Å². The molecular formula is C20H27NO4. The Morgan fingerprint density at radius 1 is 1.04 bits per heavy atom. The maximum atomic E-state index is 13.1. The smallest absolute Gasteiger partial charge is 0.308 e. The fourth-order valence-corrected chi connectivity index (χ4v) is 3.79. The number of nitrogens with zero attached hydrogens (tertiary/aromatic N) is 1. The van der Waals surface area contributed by atoms with E-state index in [1.807, 2.05) is 35.2 Å². The molecule has 2 aliphatic rings. The Kier molecular flexibility index (Phi) is 6.08. The molecule has 5 heteroatoms. The van der Waals surface area contributed by atoms with Gasteiger partial charge in [0.2, 0.25) is 0 Å². The summed E-state index contributed by atoms with van der Waals surface area (Å²) < 4.78 is 11.0. The van der Waals surface area contributed by atoms with Gasteiger partial charge in [-0.15, -0.1) is 0 Å². The second-order valence-corrected chi connectivity index (χ2v) is 6.96. The van der Waals surface area contributed by atoms with Crippen LogP contribution in [0.25, 0.3) is 0 Å². The van der Waals surface area contributed by atoms with Gasteiger partial charge in [-0.1, -0.05) is 43.2 Å². The first kappa shape index (κ1) is 17.9. The summed E-state index contributed by atoms with van der Waals surface area (Å²) in [4.78, 5) is 26.6. The molecule has 0 radical (unpaired) electrons. The maximum absolute atomic E-state index is 13.1. The molecule has 0 aromatic heterocycles. The first-order valence-electron chi connectivity index (χ1n) is 9.26. The zero-order chi connectivity index (χ0) is 17.6. The number of methoxy groups -OCH3 is 1. The van der Waals surface area contributed by atoms with Crippen LogP contribution in [0.1, 0.15) is 50.2 Å². The van der Waals surface area contributed by atoms with Crippen molar-refractivity contribution in [3.63, 3.8) is 0 Å². The topological polar surface area (TPSA) is 55.8 Å². The van der Waals surface area contributed by atoms with Gasteiger partial charge in [-0.2, -0.15) is 0 Å². The number of benzene rings is 1. The molecule has 1 amide bonds. The van der Waals surface area contributed by atoms with E-state index < -0.39 is 6.10 Å². The number of amides is 1. The lowest BCUT2D eigenvalue weighted by Gasteiger charge is -2.34. The molecule has 1 aromatic rings. The molecule has 1 saturated carbocycles. The standard InChI is InChI=1S/C20H27NO4/c1-24-20(23)16-11-13-21(14-12-16)19(22)18(15-7-3-2-4-8-15)25-17-9-5-6-10-17/h2-4,7-8,16-18H,5-6,9-14H2,1H3. The van der Waals surface area contributed by atoms with E-state index in [1.165, 1.54) is 20.0 Å². The quantitative estimate of drug-likeness (QED) is 0.770. The molecule has 0 spiro atoms. The van der Waals surface area contributed by atoms with Crippen molar-refractivity contribution in [1.29, 1.82) is 0 Å². The number of carbonyl (C=O) groups is 2. The molecule has 2 fully saturated rings. The summed E-state index contributed by atoms with van der Waals surface area (Å²) in [6, 6.07) is 9.74. The van der Waals surface area contributed by atoms with E-state index in [0.717, 1.165) is 18.4 Å². The molecule has 5 nitrogen and oxygen atoms in total. The maximum Gasteiger partial charge on any atom is 0.308 e. The van der Waals surface area contributed by atoms with Gasteiger partial charge in [-0.3, -0.25) is 9.59 Å². The van der Waals surface area contributed by atoms with Gasteiger partial charge in [-0.25, -0.2) is 0 Å². The normalized spacial score (nSPS) is 20.4. The minimum Gasteiger partial charge on any atom is -0.469 e. The second-order valence-electron chi connectivity index (χ2n) is 6.96. The molecule has 25 heavy (non-hydrogen) atoms. The molecule has 1 aliphatic heterocycles. The number of hydrogen-bond acceptors (Lipinski definition) is 4. The third-order valence-corrected chi connectivity index (χ3v) is 5.30. The van der Waals surface area contributed by atoms with E-state index in [9.17, 15) is 9.59 Å². The minimum atomic E-state index is -0.543. The van der Waals surface area contributed by atoms with Crippen molar-refractivity contribution >= 4 is 11.9 Å². The monoisotopic (exact) mass is 345 g/mol. The van der Waals surface area contributed by atoms with Crippen LogP contribution in [-0.4, -0.2) is 43.1 Å². The van der Waals surface area contributed by atoms with Crippen molar-refractivity contribution in [2.75, 3.05) is 20.2 Å². The molecule has 3 rings (SSSR count). The molecule has 1 atom stereocenters. The summed E-state index contributed by atoms with van der Waals surface area (Å²) in [5.74, 6) is -0.254. The Hall–Kier alpha value is -1.88. The molecule has 0 N–H and O–H groups in total. The number of ether oxygens (including phenoxy) is 2. The van der Waals surface area contributed by atoms with E-state index >= 15 is 0 Å². The average molecular weight is 345 g/mol. The van der Waals surface area contributed by atoms with Gasteiger partial charge in [0.05, 0.1) is 19.1 Å². The molecule has 0 bridgehead atoms. The summed E-state index contributed by atoms with van der Waals surface area (Å²) in [5, 5.41) is 0. The van der Waals surface area contributed by atoms with Crippen molar-refractivity contribution in [1.82, 2.24) is 4.90 Å². The highest BCUT2D eigenvalue weighted by Gasteiger charge is 2.34. The molecule has 1 aliphatic carbocycles. The number of carbonyl (C=O) groups excluding carboxylic acids is 2. The van der Waals surface area contributed by atoms with Crippen LogP contribution >= 0.6 is 0 Å². The lowest BCUT2D eigenvalue weighted by Crippen LogP contribution is -2.43. The van der Waals surface area contributed by atoms with E-state index in [1.54, 1.807) is 0 Å². The summed E-state index contributed by atoms with van der Waals surface area (Å²) in [7, 11) is 1.42. The summed E-state index contributed by atoms with van der Waals surface area (Å²) in [6.07, 6.45) is 5.34. The zero-order valence-electron chi connectivity index (χ0n) is 14.9. The summed E-state index contributed by atoms with van der Waals surface area (Å²) in [6.45, 7) is 1.16. The molecule has 136 valence electrons. The lowest BCUT2D eigenvalue weighted by molar-refractivity contribution is -0.154. The SMILES string of the molecule is COC(=O)C1CCN(C(=O)C(OC2CCCC2)c2ccccc2)CC1. The van der Waals surface area contributed by atoms with Crippen molar-refractivity contribution in [3.8, 4) is 0 Å². The number of piperidine rings is 1. The molecule has 1 heterocycles. The summed E-state index contributed by atoms with van der Waals surface area (Å²) in [5.41, 5.74) is 0.912. The van der Waals surface area contributed by atoms with Crippen LogP contribution < -0.4 is 0 Å². The highest BCUT2D eigenvalue weighted by atomic mass is 16.5. The Morgan fingerprint density at radius 3 is 2.28 bits per heavy atom. The van der Waals surface area contributed by atoms with Crippen LogP contribution in [0, 0.1) is 5.92 Å². The van der Waals surface area contributed by atoms with E-state index in [0.29, 0.717) is 25.9 Å². The van der Waals surface area contributed by atoms with Gasteiger partial charge in [0.1, 0.15) is 0 Å². The van der Waals surface area contributed by atoms with Crippen molar-refractivity contribution in [2.24, 2.45) is 5.92 Å². The molecule has 1 unspecified atom stereocenters. The van der Waals surface area contributed by atoms with Crippen molar-refractivity contribution in [2.45, 2.75) is 50.7 Å². The lowest BCUT2D eigenvalue weighted by atomic mass is 9.96. The third-order valence-electron chi connectivity index (χ3n) is 5.30. The third kappa shape index (κ3) is 4.40. The van der Waals surface area contributed by atoms with Crippen LogP contribution in [0.15, 0.2) is 30.3 Å². The van der Waals surface area contributed by atoms with Crippen LogP contribution in [-0.2, 0) is 19.1 Å². The first-order chi connectivity index (χ1) is 12.2. The zero-order valence-corrected chi connectivity index (χ0v) is 14.9. The first-order valence-corrected chi connectivity index (χ1v) is 9.26. The average Bonchev–Trinajstić information content (AvgIpc) is 3.19. The van der Waals surface area contributed by atoms with Crippen LogP contribution in [0.3, 0.4) is 0 Å². The van der Waals surface area contributed by atoms with E-state index in [4.69, 9.17) is 9.47 Å². The van der Waals surface area contributed by atoms with E-state index in [2.05, 4.69) is 0 Å². The number of likely N-dealkylation sites (tertiary alicyclic amines) is 1.